The summed E-state index contributed by atoms with van der Waals surface area (Å²) in [4.78, 5) is 11.2. The quantitative estimate of drug-likeness (QED) is 0.453. The van der Waals surface area contributed by atoms with Gasteiger partial charge in [-0.05, 0) is 0 Å². The highest BCUT2D eigenvalue weighted by molar-refractivity contribution is 5.88. The van der Waals surface area contributed by atoms with E-state index in [1.807, 2.05) is 0 Å². The molecule has 0 aromatic heterocycles. The Morgan fingerprint density at radius 2 is 2.15 bits per heavy atom. The molecule has 6 nitrogen and oxygen atoms in total. The van der Waals surface area contributed by atoms with E-state index in [-0.39, 0.29) is 0 Å². The summed E-state index contributed by atoms with van der Waals surface area (Å²) in [6.07, 6.45) is -5.14. The molecule has 0 amide bonds. The minimum absolute atomic E-state index is 0.527. The molecule has 0 aromatic rings. The molecular weight excluding hydrogens is 180 g/mol. The molecule has 1 heterocycles. The summed E-state index contributed by atoms with van der Waals surface area (Å²) in [6, 6.07) is 0. The van der Waals surface area contributed by atoms with Crippen molar-refractivity contribution in [2.75, 3.05) is 13.7 Å². The van der Waals surface area contributed by atoms with Crippen LogP contribution in [0.15, 0.2) is 0 Å². The van der Waals surface area contributed by atoms with E-state index in [1.54, 1.807) is 0 Å². The van der Waals surface area contributed by atoms with Crippen molar-refractivity contribution in [1.82, 2.24) is 0 Å². The second kappa shape index (κ2) is 4.12. The van der Waals surface area contributed by atoms with Gasteiger partial charge in [-0.2, -0.15) is 0 Å². The van der Waals surface area contributed by atoms with Crippen LogP contribution >= 0.6 is 0 Å². The number of Topliss-reactive ketones (excluding diaryl/α,β-unsaturated/α-hetero) is 1. The summed E-state index contributed by atoms with van der Waals surface area (Å²) in [5.41, 5.74) is 0. The second-order valence-electron chi connectivity index (χ2n) is 2.75. The zero-order valence-corrected chi connectivity index (χ0v) is 7.08. The Morgan fingerprint density at radius 3 is 2.62 bits per heavy atom. The van der Waals surface area contributed by atoms with Gasteiger partial charge in [-0.25, -0.2) is 0 Å². The molecule has 13 heavy (non-hydrogen) atoms. The fraction of sp³-hybridized carbons (Fsp3) is 0.857. The van der Waals surface area contributed by atoms with Gasteiger partial charge in [0.15, 0.2) is 18.2 Å². The van der Waals surface area contributed by atoms with E-state index in [4.69, 9.17) is 14.9 Å². The number of hydrogen-bond donors (Lipinski definition) is 3. The molecule has 4 atom stereocenters. The van der Waals surface area contributed by atoms with Crippen LogP contribution in [0.2, 0.25) is 0 Å². The molecule has 1 aliphatic heterocycles. The fourth-order valence-electron chi connectivity index (χ4n) is 1.19. The van der Waals surface area contributed by atoms with Crippen molar-refractivity contribution in [1.29, 1.82) is 0 Å². The van der Waals surface area contributed by atoms with Gasteiger partial charge in [-0.3, -0.25) is 4.79 Å². The molecule has 0 aliphatic carbocycles. The monoisotopic (exact) mass is 192 g/mol. The maximum atomic E-state index is 11.2. The molecule has 0 saturated carbocycles. The average Bonchev–Trinajstić information content (AvgIpc) is 2.12. The summed E-state index contributed by atoms with van der Waals surface area (Å²) in [5, 5.41) is 27.1. The van der Waals surface area contributed by atoms with E-state index >= 15 is 0 Å². The van der Waals surface area contributed by atoms with E-state index in [1.165, 1.54) is 7.11 Å². The molecule has 0 radical (unpaired) electrons. The smallest absolute Gasteiger partial charge is 0.197 e. The first-order chi connectivity index (χ1) is 6.11. The Labute approximate surface area is 74.7 Å². The topological polar surface area (TPSA) is 96.2 Å². The second-order valence-corrected chi connectivity index (χ2v) is 2.75. The van der Waals surface area contributed by atoms with E-state index < -0.39 is 37.0 Å². The van der Waals surface area contributed by atoms with Gasteiger partial charge in [-0.15, -0.1) is 0 Å². The van der Waals surface area contributed by atoms with Crippen molar-refractivity contribution in [2.24, 2.45) is 0 Å². The minimum Gasteiger partial charge on any atom is -0.394 e. The first-order valence-electron chi connectivity index (χ1n) is 3.80. The lowest BCUT2D eigenvalue weighted by molar-refractivity contribution is -0.242. The molecular formula is C7H12O6. The predicted octanol–water partition coefficient (Wildman–Crippen LogP) is -2.36. The average molecular weight is 192 g/mol. The van der Waals surface area contributed by atoms with Gasteiger partial charge in [0.1, 0.15) is 12.2 Å². The number of rotatable bonds is 2. The molecule has 76 valence electrons. The zero-order chi connectivity index (χ0) is 10.0. The number of aliphatic hydroxyl groups is 3. The highest BCUT2D eigenvalue weighted by Gasteiger charge is 2.43. The molecule has 1 fully saturated rings. The highest BCUT2D eigenvalue weighted by Crippen LogP contribution is 2.17. The van der Waals surface area contributed by atoms with Gasteiger partial charge in [0.2, 0.25) is 0 Å². The Hall–Kier alpha value is -0.530. The van der Waals surface area contributed by atoms with Crippen molar-refractivity contribution in [3.8, 4) is 0 Å². The van der Waals surface area contributed by atoms with Crippen LogP contribution in [0.1, 0.15) is 0 Å². The van der Waals surface area contributed by atoms with Gasteiger partial charge in [0.25, 0.3) is 0 Å². The molecule has 3 N–H and O–H groups in total. The third kappa shape index (κ3) is 1.87. The normalized spacial score (nSPS) is 40.8. The zero-order valence-electron chi connectivity index (χ0n) is 7.08. The minimum atomic E-state index is -1.45. The van der Waals surface area contributed by atoms with Gasteiger partial charge < -0.3 is 24.8 Å². The molecule has 0 unspecified atom stereocenters. The summed E-state index contributed by atoms with van der Waals surface area (Å²) in [7, 11) is 1.22. The van der Waals surface area contributed by atoms with E-state index in [0.717, 1.165) is 0 Å². The molecule has 1 saturated heterocycles. The van der Waals surface area contributed by atoms with Crippen molar-refractivity contribution in [3.05, 3.63) is 0 Å². The molecule has 1 rings (SSSR count). The molecule has 0 aromatic carbocycles. The third-order valence-corrected chi connectivity index (χ3v) is 1.93. The van der Waals surface area contributed by atoms with Crippen LogP contribution in [-0.4, -0.2) is 59.4 Å². The third-order valence-electron chi connectivity index (χ3n) is 1.93. The van der Waals surface area contributed by atoms with Crippen molar-refractivity contribution in [2.45, 2.75) is 24.6 Å². The molecule has 6 heteroatoms. The summed E-state index contributed by atoms with van der Waals surface area (Å²) in [6.45, 7) is -0.527. The lowest BCUT2D eigenvalue weighted by Gasteiger charge is -2.33. The summed E-state index contributed by atoms with van der Waals surface area (Å²) in [5.74, 6) is -0.680. The largest absolute Gasteiger partial charge is 0.394 e. The van der Waals surface area contributed by atoms with Gasteiger partial charge in [-0.1, -0.05) is 0 Å². The van der Waals surface area contributed by atoms with Crippen molar-refractivity contribution >= 4 is 5.78 Å². The lowest BCUT2D eigenvalue weighted by atomic mass is 10.0. The Balaban J connectivity index is 2.72. The lowest BCUT2D eigenvalue weighted by Crippen LogP contribution is -2.56. The summed E-state index contributed by atoms with van der Waals surface area (Å²) < 4.78 is 9.34. The molecule has 0 bridgehead atoms. The number of carbonyl (C=O) groups excluding carboxylic acids is 1. The number of aliphatic hydroxyl groups excluding tert-OH is 3. The SMILES string of the molecule is CO[C@@H]1C(=O)[C@H](O)[C@@H](CO)O[C@H]1O. The van der Waals surface area contributed by atoms with Crippen LogP contribution in [0.5, 0.6) is 0 Å². The number of ketones is 1. The standard InChI is InChI=1S/C7H12O6/c1-12-6-5(10)4(9)3(2-8)13-7(6)11/h3-4,6-9,11H,2H2,1H3/t3-,4-,6-,7-/m1/s1. The molecule has 1 aliphatic rings. The highest BCUT2D eigenvalue weighted by atomic mass is 16.7. The Bertz CT molecular complexity index is 193. The number of methoxy groups -OCH3 is 1. The first-order valence-corrected chi connectivity index (χ1v) is 3.80. The van der Waals surface area contributed by atoms with E-state index in [2.05, 4.69) is 4.74 Å². The number of ether oxygens (including phenoxy) is 2. The van der Waals surface area contributed by atoms with Crippen LogP contribution in [0.3, 0.4) is 0 Å². The van der Waals surface area contributed by atoms with Crippen LogP contribution in [0.4, 0.5) is 0 Å². The summed E-state index contributed by atoms with van der Waals surface area (Å²) >= 11 is 0. The number of hydrogen-bond acceptors (Lipinski definition) is 6. The maximum absolute atomic E-state index is 11.2. The van der Waals surface area contributed by atoms with Crippen LogP contribution in [0, 0.1) is 0 Å². The van der Waals surface area contributed by atoms with Crippen LogP contribution < -0.4 is 0 Å². The Morgan fingerprint density at radius 1 is 1.54 bits per heavy atom. The maximum Gasteiger partial charge on any atom is 0.197 e. The number of carbonyl (C=O) groups is 1. The van der Waals surface area contributed by atoms with Crippen LogP contribution in [-0.2, 0) is 14.3 Å². The fourth-order valence-corrected chi connectivity index (χ4v) is 1.19. The van der Waals surface area contributed by atoms with Crippen LogP contribution in [0.25, 0.3) is 0 Å². The van der Waals surface area contributed by atoms with Gasteiger partial charge in [0, 0.05) is 7.11 Å². The first kappa shape index (κ1) is 10.6. The van der Waals surface area contributed by atoms with Crippen molar-refractivity contribution in [3.63, 3.8) is 0 Å². The predicted molar refractivity (Wildman–Crippen MR) is 39.8 cm³/mol. The van der Waals surface area contributed by atoms with Crippen molar-refractivity contribution < 1.29 is 29.6 Å². The van der Waals surface area contributed by atoms with Gasteiger partial charge >= 0.3 is 0 Å². The Kier molecular flexibility index (Phi) is 3.34. The van der Waals surface area contributed by atoms with E-state index in [0.29, 0.717) is 0 Å². The van der Waals surface area contributed by atoms with E-state index in [9.17, 15) is 9.90 Å². The molecule has 0 spiro atoms. The van der Waals surface area contributed by atoms with Gasteiger partial charge in [0.05, 0.1) is 6.61 Å².